The van der Waals surface area contributed by atoms with Crippen molar-refractivity contribution in [2.45, 2.75) is 13.5 Å². The number of rotatable bonds is 6. The van der Waals surface area contributed by atoms with Crippen molar-refractivity contribution < 1.29 is 14.6 Å². The second-order valence-electron chi connectivity index (χ2n) is 5.63. The van der Waals surface area contributed by atoms with Crippen LogP contribution in [-0.4, -0.2) is 39.0 Å². The van der Waals surface area contributed by atoms with E-state index in [9.17, 15) is 9.90 Å². The number of aromatic hydroxyl groups is 1. The number of esters is 1. The predicted molar refractivity (Wildman–Crippen MR) is 97.6 cm³/mol. The van der Waals surface area contributed by atoms with Crippen molar-refractivity contribution in [3.05, 3.63) is 54.4 Å². The molecule has 26 heavy (non-hydrogen) atoms. The third-order valence-electron chi connectivity index (χ3n) is 3.80. The van der Waals surface area contributed by atoms with Crippen molar-refractivity contribution in [1.82, 2.24) is 14.8 Å². The first-order valence-corrected chi connectivity index (χ1v) is 8.33. The van der Waals surface area contributed by atoms with E-state index in [-0.39, 0.29) is 5.75 Å². The van der Waals surface area contributed by atoms with Gasteiger partial charge in [0.2, 0.25) is 0 Å². The highest BCUT2D eigenvalue weighted by Crippen LogP contribution is 2.26. The van der Waals surface area contributed by atoms with Crippen LogP contribution < -0.4 is 5.73 Å². The molecule has 0 saturated heterocycles. The van der Waals surface area contributed by atoms with Gasteiger partial charge in [-0.1, -0.05) is 12.1 Å². The zero-order chi connectivity index (χ0) is 18.5. The zero-order valence-corrected chi connectivity index (χ0v) is 14.4. The van der Waals surface area contributed by atoms with Gasteiger partial charge in [0.25, 0.3) is 0 Å². The van der Waals surface area contributed by atoms with Gasteiger partial charge in [0.1, 0.15) is 11.4 Å². The van der Waals surface area contributed by atoms with Crippen LogP contribution in [0.15, 0.2) is 48.7 Å². The molecule has 0 aliphatic rings. The van der Waals surface area contributed by atoms with Crippen LogP contribution in [0.5, 0.6) is 5.75 Å². The van der Waals surface area contributed by atoms with Gasteiger partial charge in [0.15, 0.2) is 0 Å². The molecule has 0 bridgehead atoms. The van der Waals surface area contributed by atoms with Crippen molar-refractivity contribution in [1.29, 1.82) is 0 Å². The Balaban J connectivity index is 2.00. The number of nitrogens with two attached hydrogens (primary N) is 1. The fourth-order valence-corrected chi connectivity index (χ4v) is 2.63. The van der Waals surface area contributed by atoms with Crippen molar-refractivity contribution in [2.24, 2.45) is 5.73 Å². The van der Waals surface area contributed by atoms with E-state index in [2.05, 4.69) is 10.1 Å². The lowest BCUT2D eigenvalue weighted by atomic mass is 10.1. The van der Waals surface area contributed by atoms with Gasteiger partial charge in [0.05, 0.1) is 24.5 Å². The van der Waals surface area contributed by atoms with Crippen molar-refractivity contribution in [2.75, 3.05) is 13.2 Å². The van der Waals surface area contributed by atoms with Crippen LogP contribution >= 0.6 is 0 Å². The lowest BCUT2D eigenvalue weighted by Crippen LogP contribution is -2.17. The summed E-state index contributed by atoms with van der Waals surface area (Å²) in [4.78, 5) is 16.5. The molecule has 0 atom stereocenters. The van der Waals surface area contributed by atoms with Gasteiger partial charge in [-0.05, 0) is 37.3 Å². The number of hydrogen-bond acceptors (Lipinski definition) is 6. The zero-order valence-electron chi connectivity index (χ0n) is 14.4. The molecule has 0 aliphatic heterocycles. The fraction of sp³-hybridized carbons (Fsp3) is 0.211. The number of aromatic nitrogens is 3. The first-order chi connectivity index (χ1) is 12.6. The van der Waals surface area contributed by atoms with Crippen molar-refractivity contribution in [3.8, 4) is 28.3 Å². The van der Waals surface area contributed by atoms with Gasteiger partial charge in [-0.15, -0.1) is 0 Å². The summed E-state index contributed by atoms with van der Waals surface area (Å²) in [7, 11) is 0. The average Bonchev–Trinajstić information content (AvgIpc) is 3.07. The number of carbonyl (C=O) groups excluding carboxylic acids is 1. The fourth-order valence-electron chi connectivity index (χ4n) is 2.63. The van der Waals surface area contributed by atoms with E-state index in [1.807, 2.05) is 18.2 Å². The number of phenols is 1. The Kier molecular flexibility index (Phi) is 5.28. The number of carbonyl (C=O) groups is 1. The van der Waals surface area contributed by atoms with Crippen LogP contribution in [0.2, 0.25) is 0 Å². The monoisotopic (exact) mass is 352 g/mol. The Morgan fingerprint density at radius 1 is 1.19 bits per heavy atom. The van der Waals surface area contributed by atoms with Gasteiger partial charge in [-0.2, -0.15) is 5.10 Å². The minimum absolute atomic E-state index is 0.173. The minimum atomic E-state index is -0.429. The molecule has 7 nitrogen and oxygen atoms in total. The Hall–Kier alpha value is -3.19. The highest BCUT2D eigenvalue weighted by atomic mass is 16.5. The number of hydrogen-bond donors (Lipinski definition) is 2. The highest BCUT2D eigenvalue weighted by Gasteiger charge is 2.17. The topological polar surface area (TPSA) is 103 Å². The van der Waals surface area contributed by atoms with E-state index in [0.717, 1.165) is 11.1 Å². The molecule has 3 N–H and O–H groups in total. The molecular formula is C19H20N4O3. The first-order valence-electron chi connectivity index (χ1n) is 8.33. The molecule has 2 heterocycles. The van der Waals surface area contributed by atoms with E-state index in [4.69, 9.17) is 10.5 Å². The normalized spacial score (nSPS) is 10.7. The summed E-state index contributed by atoms with van der Waals surface area (Å²) in [6, 6.07) is 12.2. The molecule has 0 amide bonds. The maximum Gasteiger partial charge on any atom is 0.356 e. The second-order valence-corrected chi connectivity index (χ2v) is 5.63. The molecule has 3 rings (SSSR count). The third kappa shape index (κ3) is 3.73. The number of pyridine rings is 1. The Morgan fingerprint density at radius 3 is 2.73 bits per heavy atom. The largest absolute Gasteiger partial charge is 0.508 e. The SMILES string of the molecule is CCOC(=O)c1cc(-c2ccnc(-c3cccc(O)c3)c2)nn1CCN. The average molecular weight is 352 g/mol. The molecule has 0 fully saturated rings. The third-order valence-corrected chi connectivity index (χ3v) is 3.80. The lowest BCUT2D eigenvalue weighted by molar-refractivity contribution is 0.0512. The molecule has 134 valence electrons. The molecule has 0 aliphatic carbocycles. The summed E-state index contributed by atoms with van der Waals surface area (Å²) in [5.74, 6) is -0.256. The van der Waals surface area contributed by atoms with Crippen molar-refractivity contribution >= 4 is 5.97 Å². The quantitative estimate of drug-likeness (QED) is 0.661. The Labute approximate surface area is 151 Å². The lowest BCUT2D eigenvalue weighted by Gasteiger charge is -2.04. The Bertz CT molecular complexity index is 921. The van der Waals surface area contributed by atoms with E-state index < -0.39 is 5.97 Å². The van der Waals surface area contributed by atoms with Gasteiger partial charge in [-0.3, -0.25) is 9.67 Å². The molecule has 2 aromatic heterocycles. The summed E-state index contributed by atoms with van der Waals surface area (Å²) < 4.78 is 6.65. The molecule has 1 aromatic carbocycles. The maximum absolute atomic E-state index is 12.1. The van der Waals surface area contributed by atoms with Crippen molar-refractivity contribution in [3.63, 3.8) is 0 Å². The molecule has 0 unspecified atom stereocenters. The molecule has 0 radical (unpaired) electrons. The summed E-state index contributed by atoms with van der Waals surface area (Å²) >= 11 is 0. The van der Waals surface area contributed by atoms with E-state index in [0.29, 0.717) is 36.8 Å². The van der Waals surface area contributed by atoms with Gasteiger partial charge in [0, 0.05) is 23.9 Å². The summed E-state index contributed by atoms with van der Waals surface area (Å²) in [5, 5.41) is 14.1. The van der Waals surface area contributed by atoms with Crippen LogP contribution in [0.4, 0.5) is 0 Å². The number of nitrogens with zero attached hydrogens (tertiary/aromatic N) is 3. The standard InChI is InChI=1S/C19H20N4O3/c1-2-26-19(25)18-12-17(22-23(18)9-7-20)14-6-8-21-16(11-14)13-4-3-5-15(24)10-13/h3-6,8,10-12,24H,2,7,9,20H2,1H3. The van der Waals surface area contributed by atoms with E-state index in [1.165, 1.54) is 0 Å². The van der Waals surface area contributed by atoms with Crippen LogP contribution in [0.25, 0.3) is 22.5 Å². The number of ether oxygens (including phenoxy) is 1. The molecule has 7 heteroatoms. The van der Waals surface area contributed by atoms with Gasteiger partial charge in [-0.25, -0.2) is 4.79 Å². The number of phenolic OH excluding ortho intramolecular Hbond substituents is 1. The Morgan fingerprint density at radius 2 is 2.00 bits per heavy atom. The minimum Gasteiger partial charge on any atom is -0.508 e. The summed E-state index contributed by atoms with van der Waals surface area (Å²) in [5.41, 5.74) is 8.91. The van der Waals surface area contributed by atoms with Crippen LogP contribution in [0.3, 0.4) is 0 Å². The molecule has 3 aromatic rings. The highest BCUT2D eigenvalue weighted by molar-refractivity contribution is 5.89. The molecular weight excluding hydrogens is 332 g/mol. The second kappa shape index (κ2) is 7.79. The maximum atomic E-state index is 12.1. The first kappa shape index (κ1) is 17.6. The number of benzene rings is 1. The van der Waals surface area contributed by atoms with Gasteiger partial charge < -0.3 is 15.6 Å². The van der Waals surface area contributed by atoms with Gasteiger partial charge >= 0.3 is 5.97 Å². The summed E-state index contributed by atoms with van der Waals surface area (Å²) in [6.07, 6.45) is 1.67. The molecule has 0 spiro atoms. The van der Waals surface area contributed by atoms with E-state index >= 15 is 0 Å². The van der Waals surface area contributed by atoms with Crippen LogP contribution in [0.1, 0.15) is 17.4 Å². The summed E-state index contributed by atoms with van der Waals surface area (Å²) in [6.45, 7) is 2.82. The smallest absolute Gasteiger partial charge is 0.356 e. The predicted octanol–water partition coefficient (Wildman–Crippen LogP) is 2.45. The van der Waals surface area contributed by atoms with Crippen LogP contribution in [0, 0.1) is 0 Å². The van der Waals surface area contributed by atoms with Crippen LogP contribution in [-0.2, 0) is 11.3 Å². The molecule has 0 saturated carbocycles. The van der Waals surface area contributed by atoms with E-state index in [1.54, 1.807) is 42.1 Å².